The van der Waals surface area contributed by atoms with Crippen LogP contribution in [-0.2, 0) is 23.9 Å². The van der Waals surface area contributed by atoms with Crippen molar-refractivity contribution in [3.63, 3.8) is 0 Å². The molecule has 2 rings (SSSR count). The van der Waals surface area contributed by atoms with Gasteiger partial charge < -0.3 is 36.2 Å². The summed E-state index contributed by atoms with van der Waals surface area (Å²) in [6.07, 6.45) is 11.2. The summed E-state index contributed by atoms with van der Waals surface area (Å²) < 4.78 is 5.42. The minimum absolute atomic E-state index is 0.00900. The first-order chi connectivity index (χ1) is 23.9. The van der Waals surface area contributed by atoms with Gasteiger partial charge in [-0.3, -0.25) is 19.2 Å². The van der Waals surface area contributed by atoms with E-state index in [0.29, 0.717) is 19.3 Å². The maximum atomic E-state index is 14.7. The van der Waals surface area contributed by atoms with Crippen LogP contribution in [0.2, 0.25) is 0 Å². The fourth-order valence-corrected chi connectivity index (χ4v) is 6.88. The van der Waals surface area contributed by atoms with E-state index < -0.39 is 64.7 Å². The average molecular weight is 715 g/mol. The first-order valence-corrected chi connectivity index (χ1v) is 18.3. The topological polar surface area (TPSA) is 175 Å². The minimum Gasteiger partial charge on any atom is -0.447 e. The Morgan fingerprint density at radius 3 is 2.20 bits per heavy atom. The second-order valence-electron chi connectivity index (χ2n) is 15.9. The number of urea groups is 1. The second-order valence-corrected chi connectivity index (χ2v) is 15.9. The molecule has 0 spiro atoms. The molecular weight excluding hydrogens is 652 g/mol. The van der Waals surface area contributed by atoms with E-state index in [1.807, 2.05) is 55.4 Å². The van der Waals surface area contributed by atoms with Crippen LogP contribution in [0.4, 0.5) is 9.59 Å². The van der Waals surface area contributed by atoms with E-state index in [2.05, 4.69) is 39.1 Å². The number of ether oxygens (including phenoxy) is 1. The molecule has 1 heterocycles. The third kappa shape index (κ3) is 12.6. The van der Waals surface area contributed by atoms with Gasteiger partial charge >= 0.3 is 12.1 Å². The van der Waals surface area contributed by atoms with Gasteiger partial charge in [0.05, 0.1) is 12.1 Å². The molecule has 13 heteroatoms. The average Bonchev–Trinajstić information content (AvgIpc) is 3.51. The number of terminal acetylenes is 1. The number of carbonyl (C=O) groups excluding carboxylic acids is 6. The van der Waals surface area contributed by atoms with E-state index in [9.17, 15) is 28.8 Å². The summed E-state index contributed by atoms with van der Waals surface area (Å²) in [5, 5.41) is 13.8. The first-order valence-electron chi connectivity index (χ1n) is 18.3. The summed E-state index contributed by atoms with van der Waals surface area (Å²) in [4.78, 5) is 82.1. The van der Waals surface area contributed by atoms with Gasteiger partial charge in [0.15, 0.2) is 0 Å². The molecule has 286 valence electrons. The highest BCUT2D eigenvalue weighted by atomic mass is 16.5. The van der Waals surface area contributed by atoms with Gasteiger partial charge in [0, 0.05) is 25.6 Å². The number of Topliss-reactive ketones (excluding diaryl/α,β-unsaturated/α-hetero) is 1. The van der Waals surface area contributed by atoms with Gasteiger partial charge in [-0.15, -0.1) is 18.9 Å². The molecule has 0 bridgehead atoms. The van der Waals surface area contributed by atoms with Gasteiger partial charge in [0.1, 0.15) is 18.7 Å². The number of amides is 6. The van der Waals surface area contributed by atoms with E-state index in [1.165, 1.54) is 11.0 Å². The van der Waals surface area contributed by atoms with Crippen molar-refractivity contribution in [2.75, 3.05) is 19.7 Å². The molecule has 1 aliphatic heterocycles. The number of likely N-dealkylation sites (tertiary alicyclic amines) is 1. The van der Waals surface area contributed by atoms with Gasteiger partial charge in [0.2, 0.25) is 17.6 Å². The van der Waals surface area contributed by atoms with Gasteiger partial charge in [-0.1, -0.05) is 66.9 Å². The van der Waals surface area contributed by atoms with Crippen molar-refractivity contribution in [3.05, 3.63) is 12.7 Å². The van der Waals surface area contributed by atoms with Gasteiger partial charge in [-0.25, -0.2) is 9.59 Å². The van der Waals surface area contributed by atoms with Crippen molar-refractivity contribution in [2.45, 2.75) is 137 Å². The molecule has 2 fully saturated rings. The molecule has 1 aliphatic carbocycles. The molecule has 5 N–H and O–H groups in total. The maximum absolute atomic E-state index is 14.7. The van der Waals surface area contributed by atoms with Crippen molar-refractivity contribution in [1.29, 1.82) is 0 Å². The summed E-state index contributed by atoms with van der Waals surface area (Å²) in [6.45, 7) is 19.1. The van der Waals surface area contributed by atoms with E-state index in [0.717, 1.165) is 19.3 Å². The summed E-state index contributed by atoms with van der Waals surface area (Å²) in [7, 11) is 0. The van der Waals surface area contributed by atoms with E-state index >= 15 is 0 Å². The van der Waals surface area contributed by atoms with Crippen LogP contribution in [0.15, 0.2) is 12.7 Å². The van der Waals surface area contributed by atoms with E-state index in [1.54, 1.807) is 0 Å². The summed E-state index contributed by atoms with van der Waals surface area (Å²) in [5.74, 6) is -0.393. The number of nitrogens with one attached hydrogen (secondary N) is 5. The van der Waals surface area contributed by atoms with Gasteiger partial charge in [0.25, 0.3) is 5.91 Å². The molecule has 0 aromatic rings. The van der Waals surface area contributed by atoms with E-state index in [4.69, 9.17) is 11.2 Å². The lowest BCUT2D eigenvalue weighted by molar-refractivity contribution is -0.145. The molecule has 1 saturated heterocycles. The Bertz CT molecular complexity index is 1290. The Hall–Kier alpha value is -4.08. The molecule has 0 radical (unpaired) electrons. The van der Waals surface area contributed by atoms with Crippen LogP contribution in [0.25, 0.3) is 0 Å². The van der Waals surface area contributed by atoms with Crippen LogP contribution >= 0.6 is 0 Å². The molecule has 2 aliphatic rings. The fraction of sp³-hybridized carbons (Fsp3) is 0.737. The van der Waals surface area contributed by atoms with E-state index in [-0.39, 0.29) is 56.3 Å². The summed E-state index contributed by atoms with van der Waals surface area (Å²) >= 11 is 0. The normalized spacial score (nSPS) is 20.3. The maximum Gasteiger partial charge on any atom is 0.407 e. The number of ketones is 1. The molecule has 0 aromatic carbocycles. The van der Waals surface area contributed by atoms with Crippen molar-refractivity contribution in [3.8, 4) is 12.3 Å². The third-order valence-corrected chi connectivity index (χ3v) is 10.0. The Balaban J connectivity index is 2.41. The molecule has 13 nitrogen and oxygen atoms in total. The van der Waals surface area contributed by atoms with Crippen LogP contribution in [0, 0.1) is 35.0 Å². The predicted octanol–water partition coefficient (Wildman–Crippen LogP) is 3.82. The summed E-state index contributed by atoms with van der Waals surface area (Å²) in [5.41, 5.74) is -1.09. The van der Waals surface area contributed by atoms with Crippen LogP contribution in [0.5, 0.6) is 0 Å². The highest BCUT2D eigenvalue weighted by molar-refractivity contribution is 6.38. The zero-order chi connectivity index (χ0) is 38.5. The Labute approximate surface area is 304 Å². The molecule has 1 saturated carbocycles. The van der Waals surface area contributed by atoms with Crippen molar-refractivity contribution >= 4 is 35.6 Å². The number of carbonyl (C=O) groups is 6. The number of hydrogen-bond donors (Lipinski definition) is 5. The largest absolute Gasteiger partial charge is 0.447 e. The van der Waals surface area contributed by atoms with Crippen LogP contribution in [0.3, 0.4) is 0 Å². The third-order valence-electron chi connectivity index (χ3n) is 10.0. The van der Waals surface area contributed by atoms with Crippen molar-refractivity contribution in [2.24, 2.45) is 22.7 Å². The van der Waals surface area contributed by atoms with Crippen LogP contribution in [-0.4, -0.2) is 90.4 Å². The molecular formula is C38H62N6O7. The lowest BCUT2D eigenvalue weighted by Crippen LogP contribution is -2.63. The molecule has 2 unspecified atom stereocenters. The Kier molecular flexibility index (Phi) is 16.5. The highest BCUT2D eigenvalue weighted by Crippen LogP contribution is 2.41. The van der Waals surface area contributed by atoms with Crippen LogP contribution < -0.4 is 26.6 Å². The van der Waals surface area contributed by atoms with Crippen molar-refractivity contribution in [1.82, 2.24) is 31.5 Å². The zero-order valence-corrected chi connectivity index (χ0v) is 32.0. The molecule has 0 aromatic heterocycles. The Morgan fingerprint density at radius 1 is 1.00 bits per heavy atom. The van der Waals surface area contributed by atoms with Crippen LogP contribution in [0.1, 0.15) is 107 Å². The predicted molar refractivity (Wildman–Crippen MR) is 196 cm³/mol. The minimum atomic E-state index is -1.18. The van der Waals surface area contributed by atoms with Gasteiger partial charge in [-0.2, -0.15) is 0 Å². The zero-order valence-electron chi connectivity index (χ0n) is 32.0. The lowest BCUT2D eigenvalue weighted by atomic mass is 9.70. The second kappa shape index (κ2) is 19.5. The standard InChI is InChI=1S/C38H62N6O7/c1-11-13-17-27(30(45)33(47)39-21-12-2)41-32(46)29-26(24(3)4)18-22-44(29)34(48)31(38(10)19-15-14-16-20-38)43-35(49)42-28(37(7,8)9)23-51-36(50)40-25(5)6/h1,12,24-29,31H,2,13-23H2,3-10H3,(H,39,47)(H,40,50)(H,41,46)(H2,42,43,49)/t26?,27?,28-,29+,31-/m1/s1. The molecule has 51 heavy (non-hydrogen) atoms. The fourth-order valence-electron chi connectivity index (χ4n) is 6.88. The monoisotopic (exact) mass is 714 g/mol. The number of nitrogens with zero attached hydrogens (tertiary/aromatic N) is 1. The summed E-state index contributed by atoms with van der Waals surface area (Å²) in [6, 6.07) is -4.37. The highest BCUT2D eigenvalue weighted by Gasteiger charge is 2.50. The smallest absolute Gasteiger partial charge is 0.407 e. The first kappa shape index (κ1) is 43.1. The van der Waals surface area contributed by atoms with Gasteiger partial charge in [-0.05, 0) is 62.2 Å². The molecule has 5 atom stereocenters. The number of hydrogen-bond acceptors (Lipinski definition) is 7. The van der Waals surface area contributed by atoms with Crippen molar-refractivity contribution < 1.29 is 33.5 Å². The molecule has 6 amide bonds. The quantitative estimate of drug-likeness (QED) is 0.0918. The number of alkyl carbamates (subject to hydrolysis) is 1. The lowest BCUT2D eigenvalue weighted by Gasteiger charge is -2.43. The Morgan fingerprint density at radius 2 is 1.65 bits per heavy atom. The SMILES string of the molecule is C#CCCC(NC(=O)[C@@H]1C(C(C)C)CCN1C(=O)[C@@H](NC(=O)N[C@H](COC(=O)NC(C)C)C(C)(C)C)C1(C)CCCCC1)C(=O)C(=O)NCC=C. The number of rotatable bonds is 16.